The summed E-state index contributed by atoms with van der Waals surface area (Å²) in [5.74, 6) is 0.370. The highest BCUT2D eigenvalue weighted by Crippen LogP contribution is 2.31. The number of nitrogens with zero attached hydrogens (tertiary/aromatic N) is 7. The van der Waals surface area contributed by atoms with Crippen LogP contribution in [-0.2, 0) is 4.74 Å². The number of nitrogens with one attached hydrogen (secondary N) is 2. The van der Waals surface area contributed by atoms with Gasteiger partial charge in [-0.2, -0.15) is 15.3 Å². The van der Waals surface area contributed by atoms with E-state index in [0.29, 0.717) is 35.4 Å². The van der Waals surface area contributed by atoms with Gasteiger partial charge in [-0.05, 0) is 18.2 Å². The number of anilines is 3. The maximum absolute atomic E-state index is 12.7. The second-order valence-electron chi connectivity index (χ2n) is 6.77. The number of pyridine rings is 1. The monoisotopic (exact) mass is 439 g/mol. The van der Waals surface area contributed by atoms with Gasteiger partial charge in [0.15, 0.2) is 5.82 Å². The molecular formula is C19H18ClN9O2. The first-order valence-corrected chi connectivity index (χ1v) is 9.96. The minimum Gasteiger partial charge on any atom is -0.378 e. The van der Waals surface area contributed by atoms with Crippen LogP contribution in [0.3, 0.4) is 0 Å². The van der Waals surface area contributed by atoms with Crippen LogP contribution in [0, 0.1) is 0 Å². The number of carbonyl (C=O) groups excluding carboxylic acids is 1. The topological polar surface area (TPSA) is 114 Å². The van der Waals surface area contributed by atoms with Gasteiger partial charge in [0.2, 0.25) is 0 Å². The Kier molecular flexibility index (Phi) is 5.10. The smallest absolute Gasteiger partial charge is 0.323 e. The third-order valence-corrected chi connectivity index (χ3v) is 5.08. The van der Waals surface area contributed by atoms with Crippen LogP contribution in [0.4, 0.5) is 21.9 Å². The molecule has 1 aliphatic heterocycles. The molecule has 0 unspecified atom stereocenters. The summed E-state index contributed by atoms with van der Waals surface area (Å²) in [6.45, 7) is 2.71. The summed E-state index contributed by atoms with van der Waals surface area (Å²) in [4.78, 5) is 20.4. The Morgan fingerprint density at radius 3 is 2.68 bits per heavy atom. The highest BCUT2D eigenvalue weighted by molar-refractivity contribution is 6.32. The first-order chi connectivity index (χ1) is 15.2. The van der Waals surface area contributed by atoms with Crippen LogP contribution in [0.1, 0.15) is 0 Å². The predicted octanol–water partition coefficient (Wildman–Crippen LogP) is 2.44. The van der Waals surface area contributed by atoms with E-state index in [1.165, 1.54) is 23.4 Å². The van der Waals surface area contributed by atoms with Gasteiger partial charge in [0.05, 0.1) is 65.6 Å². The molecular weight excluding hydrogens is 422 g/mol. The number of halogens is 1. The number of urea groups is 1. The Labute approximate surface area is 181 Å². The number of carbonyl (C=O) groups is 1. The predicted molar refractivity (Wildman–Crippen MR) is 115 cm³/mol. The van der Waals surface area contributed by atoms with E-state index in [9.17, 15) is 4.79 Å². The van der Waals surface area contributed by atoms with Crippen molar-refractivity contribution in [3.05, 3.63) is 54.2 Å². The van der Waals surface area contributed by atoms with E-state index in [2.05, 4.69) is 35.8 Å². The average molecular weight is 440 g/mol. The van der Waals surface area contributed by atoms with Gasteiger partial charge in [0, 0.05) is 19.3 Å². The Hall–Kier alpha value is -3.70. The maximum atomic E-state index is 12.7. The molecule has 0 aliphatic carbocycles. The molecule has 0 aromatic carbocycles. The van der Waals surface area contributed by atoms with Crippen molar-refractivity contribution in [2.24, 2.45) is 0 Å². The minimum absolute atomic E-state index is 0.305. The van der Waals surface area contributed by atoms with E-state index in [4.69, 9.17) is 16.3 Å². The first kappa shape index (κ1) is 19.3. The largest absolute Gasteiger partial charge is 0.378 e. The van der Waals surface area contributed by atoms with E-state index in [-0.39, 0.29) is 0 Å². The number of rotatable bonds is 4. The second-order valence-corrected chi connectivity index (χ2v) is 7.18. The van der Waals surface area contributed by atoms with Crippen LogP contribution in [0.25, 0.3) is 11.3 Å². The lowest BCUT2D eigenvalue weighted by Gasteiger charge is -2.31. The lowest BCUT2D eigenvalue weighted by Crippen LogP contribution is -2.37. The fraction of sp³-hybridized carbons (Fsp3) is 0.211. The Bertz CT molecular complexity index is 1220. The quantitative estimate of drug-likeness (QED) is 0.502. The summed E-state index contributed by atoms with van der Waals surface area (Å²) in [7, 11) is 0. The van der Waals surface area contributed by atoms with E-state index >= 15 is 0 Å². The van der Waals surface area contributed by atoms with Crippen molar-refractivity contribution in [2.75, 3.05) is 41.8 Å². The van der Waals surface area contributed by atoms with Crippen molar-refractivity contribution >= 4 is 40.2 Å². The van der Waals surface area contributed by atoms with Gasteiger partial charge in [-0.15, -0.1) is 4.80 Å². The maximum Gasteiger partial charge on any atom is 0.323 e. The molecule has 12 heteroatoms. The summed E-state index contributed by atoms with van der Waals surface area (Å²) in [5.41, 5.74) is 2.83. The SMILES string of the molecule is O=C(Nc1cnc(-n2nccn2)c(Cl)c1)Nc1cnn2cccc2c1N1CCOCC1. The standard InChI is InChI=1S/C19H18ClN9O2/c20-14-10-13(11-21-18(14)29-22-3-4-23-29)25-19(30)26-15-12-24-28-5-1-2-16(28)17(15)27-6-8-31-9-7-27/h1-5,10-12H,6-9H2,(H2,25,26,30). The molecule has 2 N–H and O–H groups in total. The molecule has 158 valence electrons. The zero-order chi connectivity index (χ0) is 21.2. The van der Waals surface area contributed by atoms with Crippen molar-refractivity contribution in [3.63, 3.8) is 0 Å². The molecule has 0 radical (unpaired) electrons. The molecule has 0 bridgehead atoms. The molecule has 5 rings (SSSR count). The van der Waals surface area contributed by atoms with Gasteiger partial charge in [-0.3, -0.25) is 0 Å². The van der Waals surface area contributed by atoms with Crippen molar-refractivity contribution in [2.45, 2.75) is 0 Å². The Morgan fingerprint density at radius 2 is 1.90 bits per heavy atom. The highest BCUT2D eigenvalue weighted by atomic mass is 35.5. The van der Waals surface area contributed by atoms with Crippen LogP contribution >= 0.6 is 11.6 Å². The van der Waals surface area contributed by atoms with E-state index in [1.54, 1.807) is 16.8 Å². The molecule has 2 amide bonds. The fourth-order valence-electron chi connectivity index (χ4n) is 3.45. The van der Waals surface area contributed by atoms with E-state index in [1.807, 2.05) is 18.3 Å². The van der Waals surface area contributed by atoms with Crippen LogP contribution < -0.4 is 15.5 Å². The number of amides is 2. The van der Waals surface area contributed by atoms with Gasteiger partial charge in [0.25, 0.3) is 0 Å². The van der Waals surface area contributed by atoms with Crippen molar-refractivity contribution in [1.29, 1.82) is 0 Å². The van der Waals surface area contributed by atoms with E-state index < -0.39 is 6.03 Å². The van der Waals surface area contributed by atoms with Gasteiger partial charge in [0.1, 0.15) is 0 Å². The lowest BCUT2D eigenvalue weighted by atomic mass is 10.2. The molecule has 0 atom stereocenters. The summed E-state index contributed by atoms with van der Waals surface area (Å²) in [6, 6.07) is 5.03. The van der Waals surface area contributed by atoms with Crippen molar-refractivity contribution < 1.29 is 9.53 Å². The average Bonchev–Trinajstić information content (AvgIpc) is 3.46. The number of hydrogen-bond acceptors (Lipinski definition) is 7. The fourth-order valence-corrected chi connectivity index (χ4v) is 3.69. The van der Waals surface area contributed by atoms with Gasteiger partial charge >= 0.3 is 6.03 Å². The highest BCUT2D eigenvalue weighted by Gasteiger charge is 2.20. The number of hydrogen-bond donors (Lipinski definition) is 2. The summed E-state index contributed by atoms with van der Waals surface area (Å²) in [6.07, 6.45) is 8.04. The van der Waals surface area contributed by atoms with E-state index in [0.717, 1.165) is 24.3 Å². The Morgan fingerprint density at radius 1 is 1.10 bits per heavy atom. The van der Waals surface area contributed by atoms with Crippen molar-refractivity contribution in [1.82, 2.24) is 29.6 Å². The molecule has 11 nitrogen and oxygen atoms in total. The molecule has 1 aliphatic rings. The second kappa shape index (κ2) is 8.20. The summed E-state index contributed by atoms with van der Waals surface area (Å²) >= 11 is 6.28. The zero-order valence-corrected chi connectivity index (χ0v) is 17.0. The zero-order valence-electron chi connectivity index (χ0n) is 16.3. The molecule has 4 aromatic rings. The summed E-state index contributed by atoms with van der Waals surface area (Å²) < 4.78 is 7.25. The normalized spacial score (nSPS) is 14.0. The molecule has 0 saturated carbocycles. The lowest BCUT2D eigenvalue weighted by molar-refractivity contribution is 0.123. The molecule has 0 spiro atoms. The molecule has 1 saturated heterocycles. The van der Waals surface area contributed by atoms with Crippen LogP contribution in [-0.4, -0.2) is 61.9 Å². The first-order valence-electron chi connectivity index (χ1n) is 9.58. The molecule has 5 heterocycles. The number of ether oxygens (including phenoxy) is 1. The minimum atomic E-state index is -0.435. The van der Waals surface area contributed by atoms with Gasteiger partial charge in [-0.1, -0.05) is 11.6 Å². The third kappa shape index (κ3) is 3.88. The van der Waals surface area contributed by atoms with Gasteiger partial charge < -0.3 is 20.3 Å². The molecule has 1 fully saturated rings. The number of fused-ring (bicyclic) bond motifs is 1. The number of aromatic nitrogens is 6. The summed E-state index contributed by atoms with van der Waals surface area (Å²) in [5, 5.41) is 18.3. The van der Waals surface area contributed by atoms with Crippen LogP contribution in [0.15, 0.2) is 49.2 Å². The molecule has 31 heavy (non-hydrogen) atoms. The van der Waals surface area contributed by atoms with Crippen LogP contribution in [0.2, 0.25) is 5.02 Å². The van der Waals surface area contributed by atoms with Gasteiger partial charge in [-0.25, -0.2) is 14.3 Å². The molecule has 4 aromatic heterocycles. The van der Waals surface area contributed by atoms with Crippen LogP contribution in [0.5, 0.6) is 0 Å². The third-order valence-electron chi connectivity index (χ3n) is 4.80. The number of morpholine rings is 1. The van der Waals surface area contributed by atoms with Crippen molar-refractivity contribution in [3.8, 4) is 5.82 Å². The Balaban J connectivity index is 1.37.